The van der Waals surface area contributed by atoms with E-state index in [9.17, 15) is 43.9 Å². The van der Waals surface area contributed by atoms with Crippen LogP contribution in [0.2, 0.25) is 56.4 Å². The standard InChI is InChI=1S/C11H23F5O2Si2.C7H18OSi2.C4H4F5IO.2C2H6O2/c1-17-19-7-9-20(2,3)8-5-11(15,16)18-6-4-10(12,13)14;1-5-10(3,4)7-6-9-8-2;5-3(6,7)1-2-11-4(8,9)10;2*1-3-4-2/h4-9,19H2,1-3H3;5H,1,6-7,9H2,2-4H3;1-2H2;2*1-2H3. The van der Waals surface area contributed by atoms with Crippen molar-refractivity contribution in [2.75, 3.05) is 55.9 Å². The summed E-state index contributed by atoms with van der Waals surface area (Å²) in [6, 6.07) is 4.88. The largest absolute Gasteiger partial charge is 0.427 e. The summed E-state index contributed by atoms with van der Waals surface area (Å²) in [5.41, 5.74) is 2.16. The summed E-state index contributed by atoms with van der Waals surface area (Å²) in [5.74, 6) is 0. The van der Waals surface area contributed by atoms with Crippen LogP contribution in [0.4, 0.5) is 43.9 Å². The van der Waals surface area contributed by atoms with Crippen molar-refractivity contribution < 1.29 is 81.8 Å². The summed E-state index contributed by atoms with van der Waals surface area (Å²) in [5, 5.41) is 0. The van der Waals surface area contributed by atoms with Crippen LogP contribution in [-0.2, 0) is 37.9 Å². The third-order valence-electron chi connectivity index (χ3n) is 5.70. The van der Waals surface area contributed by atoms with Gasteiger partial charge in [0.25, 0.3) is 0 Å². The lowest BCUT2D eigenvalue weighted by Gasteiger charge is -2.25. The molecule has 0 aromatic heterocycles. The van der Waals surface area contributed by atoms with Crippen molar-refractivity contribution in [2.45, 2.75) is 98.2 Å². The lowest BCUT2D eigenvalue weighted by molar-refractivity contribution is -0.252. The molecule has 0 unspecified atom stereocenters. The Kier molecular flexibility index (Phi) is 39.4. The molecule has 0 amide bonds. The number of alkyl halides is 11. The average Bonchev–Trinajstić information content (AvgIpc) is 2.95. The summed E-state index contributed by atoms with van der Waals surface area (Å²) in [7, 11) is 5.81. The molecule has 0 saturated heterocycles. The van der Waals surface area contributed by atoms with Gasteiger partial charge in [-0.1, -0.05) is 38.3 Å². The number of hydrogen-bond acceptors (Lipinski definition) is 8. The first-order valence-corrected chi connectivity index (χ1v) is 25.7. The summed E-state index contributed by atoms with van der Waals surface area (Å²) >= 11 is 0.605. The van der Waals surface area contributed by atoms with Crippen molar-refractivity contribution in [1.29, 1.82) is 0 Å². The molecule has 0 atom stereocenters. The van der Waals surface area contributed by atoms with Gasteiger partial charge in [0.1, 0.15) is 0 Å². The number of rotatable bonds is 20. The zero-order valence-electron chi connectivity index (χ0n) is 30.2. The highest BCUT2D eigenvalue weighted by molar-refractivity contribution is 14.1. The molecule has 8 nitrogen and oxygen atoms in total. The van der Waals surface area contributed by atoms with Crippen LogP contribution in [0.15, 0.2) is 12.3 Å². The lowest BCUT2D eigenvalue weighted by Crippen LogP contribution is -2.31. The van der Waals surface area contributed by atoms with Crippen molar-refractivity contribution in [2.24, 2.45) is 0 Å². The molecule has 0 heterocycles. The Hall–Kier alpha value is 0.318. The fourth-order valence-electron chi connectivity index (χ4n) is 2.75. The molecule has 0 aliphatic carbocycles. The Morgan fingerprint density at radius 1 is 0.592 bits per heavy atom. The minimum atomic E-state index is -4.46. The van der Waals surface area contributed by atoms with E-state index in [0.717, 1.165) is 12.1 Å². The van der Waals surface area contributed by atoms with Crippen LogP contribution in [0.25, 0.3) is 0 Å². The summed E-state index contributed by atoms with van der Waals surface area (Å²) in [4.78, 5) is 16.2. The van der Waals surface area contributed by atoms with E-state index in [1.807, 2.05) is 20.2 Å². The van der Waals surface area contributed by atoms with Crippen LogP contribution in [0, 0.1) is 0 Å². The smallest absolute Gasteiger partial charge is 0.407 e. The quantitative estimate of drug-likeness (QED) is 0.0229. The molecule has 49 heavy (non-hydrogen) atoms. The van der Waals surface area contributed by atoms with Gasteiger partial charge in [-0.2, -0.15) is 43.9 Å². The highest BCUT2D eigenvalue weighted by Crippen LogP contribution is 2.30. The lowest BCUT2D eigenvalue weighted by atomic mass is 10.4. The first-order valence-electron chi connectivity index (χ1n) is 14.7. The second kappa shape index (κ2) is 32.9. The fourth-order valence-corrected chi connectivity index (χ4v) is 13.6. The zero-order chi connectivity index (χ0) is 39.8. The first kappa shape index (κ1) is 58.6. The van der Waals surface area contributed by atoms with Gasteiger partial charge in [-0.3, -0.25) is 0 Å². The third kappa shape index (κ3) is 63.8. The van der Waals surface area contributed by atoms with Crippen LogP contribution < -0.4 is 0 Å². The van der Waals surface area contributed by atoms with E-state index in [4.69, 9.17) is 8.85 Å². The first-order chi connectivity index (χ1) is 22.1. The van der Waals surface area contributed by atoms with Gasteiger partial charge in [0, 0.05) is 51.3 Å². The molecule has 0 N–H and O–H groups in total. The van der Waals surface area contributed by atoms with Gasteiger partial charge in [-0.15, -0.1) is 12.3 Å². The molecule has 0 aromatic rings. The number of hydrogen-bond donors (Lipinski definition) is 0. The maximum Gasteiger partial charge on any atom is 0.407 e. The van der Waals surface area contributed by atoms with E-state index >= 15 is 0 Å². The average molecular weight is 927 g/mol. The number of ether oxygens (including phenoxy) is 2. The summed E-state index contributed by atoms with van der Waals surface area (Å²) < 4.78 is 134. The minimum Gasteiger partial charge on any atom is -0.427 e. The van der Waals surface area contributed by atoms with Gasteiger partial charge in [0.15, 0.2) is 19.5 Å². The van der Waals surface area contributed by atoms with E-state index in [1.54, 1.807) is 7.11 Å². The van der Waals surface area contributed by atoms with Gasteiger partial charge in [0.2, 0.25) is 0 Å². The van der Waals surface area contributed by atoms with Crippen LogP contribution in [0.5, 0.6) is 0 Å². The van der Waals surface area contributed by atoms with Gasteiger partial charge < -0.3 is 18.3 Å². The van der Waals surface area contributed by atoms with E-state index in [0.29, 0.717) is 28.6 Å². The van der Waals surface area contributed by atoms with Gasteiger partial charge in [-0.25, -0.2) is 19.6 Å². The van der Waals surface area contributed by atoms with Crippen molar-refractivity contribution in [1.82, 2.24) is 0 Å². The van der Waals surface area contributed by atoms with Crippen LogP contribution in [-0.4, -0.2) is 114 Å². The molecule has 0 radical (unpaired) electrons. The SMILES string of the molecule is C=C[Si](C)(C)CC[SiH2]OC.COOC.COOC.CO[SiH2]CC[Si](C)(C)CCC(F)(F)OCCC(F)(F)F.FC(F)(F)CCOC(F)(F)I. The predicted octanol–water partition coefficient (Wildman–Crippen LogP) is 8.69. The molecule has 0 rings (SSSR count). The predicted molar refractivity (Wildman–Crippen MR) is 190 cm³/mol. The van der Waals surface area contributed by atoms with Gasteiger partial charge in [0.05, 0.1) is 62.6 Å². The zero-order valence-corrected chi connectivity index (χ0v) is 37.2. The molecule has 302 valence electrons. The maximum atomic E-state index is 13.3. The maximum absolute atomic E-state index is 13.3. The molecule has 0 fully saturated rings. The molecule has 23 heteroatoms. The molecule has 0 bridgehead atoms. The Balaban J connectivity index is -0.000000188. The van der Waals surface area contributed by atoms with Crippen molar-refractivity contribution >= 4 is 58.3 Å². The minimum absolute atomic E-state index is 0.180. The highest BCUT2D eigenvalue weighted by Gasteiger charge is 2.36. The van der Waals surface area contributed by atoms with Crippen molar-refractivity contribution in [3.63, 3.8) is 0 Å². The monoisotopic (exact) mass is 926 g/mol. The number of halogens is 11. The van der Waals surface area contributed by atoms with E-state index in [2.05, 4.69) is 54.4 Å². The Bertz CT molecular complexity index is 717. The molecular weight excluding hydrogens is 870 g/mol. The molecule has 0 aliphatic heterocycles. The molecule has 0 saturated carbocycles. The molecule has 0 spiro atoms. The van der Waals surface area contributed by atoms with E-state index in [1.165, 1.54) is 40.5 Å². The Labute approximate surface area is 305 Å². The Morgan fingerprint density at radius 2 is 0.959 bits per heavy atom. The van der Waals surface area contributed by atoms with Gasteiger partial charge in [-0.05, 0) is 18.1 Å². The molecule has 0 aromatic carbocycles. The second-order valence-electron chi connectivity index (χ2n) is 11.2. The summed E-state index contributed by atoms with van der Waals surface area (Å²) in [6.45, 7) is 10.6. The highest BCUT2D eigenvalue weighted by atomic mass is 127. The normalized spacial score (nSPS) is 12.8. The fraction of sp³-hybridized carbons (Fsp3) is 0.923. The Morgan fingerprint density at radius 3 is 1.27 bits per heavy atom. The van der Waals surface area contributed by atoms with Crippen LogP contribution in [0.3, 0.4) is 0 Å². The topological polar surface area (TPSA) is 73.8 Å². The van der Waals surface area contributed by atoms with E-state index in [-0.39, 0.29) is 9.76 Å². The molecule has 0 aliphatic rings. The van der Waals surface area contributed by atoms with Gasteiger partial charge >= 0.3 is 22.6 Å². The van der Waals surface area contributed by atoms with Crippen LogP contribution >= 0.6 is 22.6 Å². The molecular formula is C26H57F10IO8Si4. The third-order valence-corrected chi connectivity index (χ3v) is 15.6. The van der Waals surface area contributed by atoms with E-state index < -0.39 is 81.0 Å². The second-order valence-corrected chi connectivity index (χ2v) is 26.1. The van der Waals surface area contributed by atoms with Crippen molar-refractivity contribution in [3.8, 4) is 0 Å². The van der Waals surface area contributed by atoms with Crippen LogP contribution in [0.1, 0.15) is 19.3 Å². The van der Waals surface area contributed by atoms with Crippen molar-refractivity contribution in [3.05, 3.63) is 12.3 Å². The summed E-state index contributed by atoms with van der Waals surface area (Å²) in [6.07, 6.45) is -15.6.